The summed E-state index contributed by atoms with van der Waals surface area (Å²) < 4.78 is 64.2. The Morgan fingerprint density at radius 3 is 1.42 bits per heavy atom. The molecule has 0 radical (unpaired) electrons. The number of carbonyl (C=O) groups is 3. The van der Waals surface area contributed by atoms with Crippen LogP contribution in [0, 0.1) is 0 Å². The smallest absolute Gasteiger partial charge is 1.00 e. The number of fused-ring (bicyclic) bond motifs is 3. The van der Waals surface area contributed by atoms with Gasteiger partial charge in [0.15, 0.2) is 12.3 Å². The average molecular weight is 1070 g/mol. The quantitative estimate of drug-likeness (QED) is 0.0409. The summed E-state index contributed by atoms with van der Waals surface area (Å²) >= 11 is 0.671. The van der Waals surface area contributed by atoms with E-state index in [1.54, 1.807) is 18.5 Å². The molecule has 3 aliphatic heterocycles. The van der Waals surface area contributed by atoms with E-state index in [9.17, 15) is 18.6 Å². The Bertz CT molecular complexity index is 2300. The zero-order valence-corrected chi connectivity index (χ0v) is 46.1. The van der Waals surface area contributed by atoms with Gasteiger partial charge in [0.05, 0.1) is 46.1 Å². The maximum Gasteiger partial charge on any atom is -1.00 e. The van der Waals surface area contributed by atoms with Gasteiger partial charge in [0.25, 0.3) is 0 Å². The molecule has 20 nitrogen and oxygen atoms in total. The predicted molar refractivity (Wildman–Crippen MR) is 262 cm³/mol. The first kappa shape index (κ1) is 67.1. The van der Waals surface area contributed by atoms with Crippen molar-refractivity contribution in [1.82, 2.24) is 4.90 Å². The third-order valence-electron chi connectivity index (χ3n) is 9.87. The summed E-state index contributed by atoms with van der Waals surface area (Å²) in [5, 5.41) is 7.38. The number of ether oxygens (including phenoxy) is 8. The van der Waals surface area contributed by atoms with E-state index in [1.165, 1.54) is 33.9 Å². The maximum atomic E-state index is 12.4. The molecule has 0 fully saturated rings. The number of rotatable bonds is 13. The van der Waals surface area contributed by atoms with Gasteiger partial charge in [-0.1, -0.05) is 57.2 Å². The zero-order chi connectivity index (χ0) is 52.0. The van der Waals surface area contributed by atoms with Gasteiger partial charge < -0.3 is 79.1 Å². The molecule has 3 aromatic carbocycles. The number of methoxy groups -OCH3 is 2. The summed E-state index contributed by atoms with van der Waals surface area (Å²) in [5.41, 5.74) is 15.1. The molecule has 3 aromatic rings. The third kappa shape index (κ3) is 23.7. The molecule has 3 atom stereocenters. The second-order valence-electron chi connectivity index (χ2n) is 16.4. The molecule has 71 heavy (non-hydrogen) atoms. The minimum absolute atomic E-state index is 0. The van der Waals surface area contributed by atoms with E-state index in [2.05, 4.69) is 44.7 Å². The van der Waals surface area contributed by atoms with Gasteiger partial charge in [-0.3, -0.25) is 19.6 Å². The van der Waals surface area contributed by atoms with Gasteiger partial charge in [-0.05, 0) is 37.8 Å². The predicted octanol–water partition coefficient (Wildman–Crippen LogP) is -0.766. The molecule has 24 heteroatoms. The minimum Gasteiger partial charge on any atom is -1.00 e. The van der Waals surface area contributed by atoms with Crippen LogP contribution < -0.4 is 50.5 Å². The van der Waals surface area contributed by atoms with Crippen molar-refractivity contribution in [1.29, 1.82) is 0 Å². The van der Waals surface area contributed by atoms with E-state index in [0.717, 1.165) is 39.9 Å². The van der Waals surface area contributed by atoms with Gasteiger partial charge in [0.1, 0.15) is 23.3 Å². The van der Waals surface area contributed by atoms with Gasteiger partial charge in [-0.2, -0.15) is 0 Å². The molecule has 0 saturated heterocycles. The molecular formula is C47H69Cl2MgN5O15S-2. The fourth-order valence-corrected chi connectivity index (χ4v) is 6.06. The molecule has 3 aliphatic rings. The first-order valence-corrected chi connectivity index (χ1v) is 25.4. The van der Waals surface area contributed by atoms with Crippen LogP contribution in [-0.2, 0) is 64.7 Å². The molecule has 396 valence electrons. The van der Waals surface area contributed by atoms with Crippen molar-refractivity contribution in [2.75, 3.05) is 46.9 Å². The van der Waals surface area contributed by atoms with Gasteiger partial charge in [0.2, 0.25) is 17.4 Å². The molecular weight excluding hydrogens is 1000 g/mol. The fraction of sp³-hybridized carbons (Fsp3) is 0.511. The van der Waals surface area contributed by atoms with E-state index in [-0.39, 0.29) is 37.9 Å². The number of nitrogens with two attached hydrogens (primary N) is 2. The van der Waals surface area contributed by atoms with Crippen molar-refractivity contribution in [2.24, 2.45) is 21.5 Å². The van der Waals surface area contributed by atoms with E-state index < -0.39 is 48.7 Å². The number of benzene rings is 3. The molecule has 6 rings (SSSR count). The minimum atomic E-state index is -3.33. The number of esters is 2. The van der Waals surface area contributed by atoms with Crippen molar-refractivity contribution in [2.45, 2.75) is 112 Å². The van der Waals surface area contributed by atoms with Gasteiger partial charge in [-0.15, -0.1) is 0 Å². The van der Waals surface area contributed by atoms with Crippen molar-refractivity contribution >= 4 is 57.8 Å². The average Bonchev–Trinajstić information content (AvgIpc) is 3.32. The van der Waals surface area contributed by atoms with Crippen LogP contribution in [0.5, 0.6) is 17.2 Å². The van der Waals surface area contributed by atoms with Crippen molar-refractivity contribution < 1.29 is 95.4 Å². The van der Waals surface area contributed by atoms with Crippen molar-refractivity contribution in [3.8, 4) is 17.2 Å². The second-order valence-corrected chi connectivity index (χ2v) is 20.0. The Kier molecular flexibility index (Phi) is 30.6. The van der Waals surface area contributed by atoms with E-state index in [1.807, 2.05) is 90.1 Å². The second kappa shape index (κ2) is 32.4. The first-order valence-electron chi connectivity index (χ1n) is 22.0. The number of nitrogens with zero attached hydrogens (tertiary/aromatic N) is 3. The van der Waals surface area contributed by atoms with Crippen LogP contribution in [0.2, 0.25) is 0 Å². The van der Waals surface area contributed by atoms with Crippen LogP contribution >= 0.6 is 0 Å². The van der Waals surface area contributed by atoms with Gasteiger partial charge in [-0.25, -0.2) is 4.79 Å². The van der Waals surface area contributed by atoms with Crippen LogP contribution in [0.4, 0.5) is 0 Å². The summed E-state index contributed by atoms with van der Waals surface area (Å²) in [4.78, 5) is 44.8. The van der Waals surface area contributed by atoms with E-state index >= 15 is 0 Å². The van der Waals surface area contributed by atoms with Crippen molar-refractivity contribution in [3.05, 3.63) is 88.0 Å². The van der Waals surface area contributed by atoms with Crippen LogP contribution in [0.3, 0.4) is 0 Å². The first-order chi connectivity index (χ1) is 32.4. The molecule has 0 aliphatic carbocycles. The SMILES string of the molecule is CC1(C)OCc2cccc(C=O)c2O1.CCN(CC)CC.COC(=O)C(CN=Cc1cccc2c1OC(C)(C)OC2)N=Cc1cccc2c1OC(C)(C)OC2.COC(=O)C(N)CN.O=[S](O)(=[Mg])OO.[Cl-].[Cl-]. The topological polar surface area (TPSA) is 272 Å². The van der Waals surface area contributed by atoms with Gasteiger partial charge >= 0.3 is 57.4 Å². The molecule has 0 aromatic heterocycles. The number of carbonyl (C=O) groups excluding carboxylic acids is 3. The third-order valence-corrected chi connectivity index (χ3v) is 10.4. The monoisotopic (exact) mass is 1070 g/mol. The molecule has 0 saturated carbocycles. The number of hydrogen-bond donors (Lipinski definition) is 4. The summed E-state index contributed by atoms with van der Waals surface area (Å²) in [7, 11) is -0.714. The number of aldehydes is 1. The largest absolute Gasteiger partial charge is 1.00 e. The summed E-state index contributed by atoms with van der Waals surface area (Å²) in [6, 6.07) is 15.5. The summed E-state index contributed by atoms with van der Waals surface area (Å²) in [6.07, 6.45) is 4.13. The Labute approximate surface area is 440 Å². The molecule has 0 spiro atoms. The Hall–Kier alpha value is -3.85. The van der Waals surface area contributed by atoms with Crippen LogP contribution in [0.1, 0.15) is 100 Å². The molecule has 0 bridgehead atoms. The molecule has 3 unspecified atom stereocenters. The number of para-hydroxylation sites is 3. The van der Waals surface area contributed by atoms with E-state index in [0.29, 0.717) is 56.7 Å². The number of hydrogen-bond acceptors (Lipinski definition) is 19. The number of aliphatic imine (C=N–C) groups is 2. The van der Waals surface area contributed by atoms with Crippen molar-refractivity contribution in [3.63, 3.8) is 0 Å². The molecule has 6 N–H and O–H groups in total. The van der Waals surface area contributed by atoms with Crippen LogP contribution in [0.15, 0.2) is 64.6 Å². The Morgan fingerprint density at radius 2 is 1.11 bits per heavy atom. The fourth-order valence-electron chi connectivity index (χ4n) is 6.06. The Balaban J connectivity index is 0.00000108. The van der Waals surface area contributed by atoms with Crippen LogP contribution in [-0.4, -0.2) is 146 Å². The maximum absolute atomic E-state index is 12.4. The number of halogens is 2. The molecule has 0 amide bonds. The summed E-state index contributed by atoms with van der Waals surface area (Å²) in [5.74, 6) is -0.946. The van der Waals surface area contributed by atoms with Gasteiger partial charge in [0, 0.05) is 88.3 Å². The summed E-state index contributed by atoms with van der Waals surface area (Å²) in [6.45, 7) is 22.9. The zero-order valence-electron chi connectivity index (χ0n) is 42.3. The van der Waals surface area contributed by atoms with E-state index in [4.69, 9.17) is 54.4 Å². The molecule has 3 heterocycles. The Morgan fingerprint density at radius 1 is 0.746 bits per heavy atom. The normalized spacial score (nSPS) is 16.9. The van der Waals surface area contributed by atoms with Crippen LogP contribution in [0.25, 0.3) is 0 Å². The standard InChI is InChI=1S/C26H30N2O6.C11H12O3.C6H15N.C4H10N2O2.2ClH.Mg.H2O4S/c1-25(2)31-15-19-10-6-8-17(22(19)33-25)12-27-14-21(24(29)30-5)28-13-18-9-7-11-20-16-32-26(3,4)34-23(18)20;1-11(2)13-7-9-5-3-4-8(6-12)10(9)14-11;1-4-7(5-2)6-3;1-8-4(7)3(6)2-5;;;;1-4-5(2)3/h6-13,21H,14-16H2,1-5H3;3-6H,7H2,1-2H3;4-6H2,1-3H3;3H,2,5-6H2,1H3;2*1H;;1H,(H,2,3)/p-2.